The van der Waals surface area contributed by atoms with Crippen molar-refractivity contribution in [2.45, 2.75) is 0 Å². The van der Waals surface area contributed by atoms with Gasteiger partial charge in [-0.1, -0.05) is 23.7 Å². The van der Waals surface area contributed by atoms with E-state index in [4.69, 9.17) is 21.4 Å². The highest BCUT2D eigenvalue weighted by atomic mass is 35.5. The van der Waals surface area contributed by atoms with E-state index in [2.05, 4.69) is 20.8 Å². The number of ether oxygens (including phenoxy) is 1. The molecule has 0 spiro atoms. The molecule has 8 nitrogen and oxygen atoms in total. The molecule has 0 saturated carbocycles. The largest absolute Gasteiger partial charge is 0.491 e. The number of halogens is 1. The highest BCUT2D eigenvalue weighted by Gasteiger charge is 2.15. The molecule has 0 aliphatic carbocycles. The molecule has 0 radical (unpaired) electrons. The Bertz CT molecular complexity index is 1090. The molecule has 3 aromatic rings. The standard InChI is InChI=1S/C22H19ClN4O4/c23-17-4-5-20(26-21(29)16-6-8-24-9-7-16)19(13-17)22(30)27-25-14-15-2-1-3-18(12-15)31-11-10-28/h1-9,12-14,28H,10-11H2,(H,26,29)(H,27,30)/b25-14+. The Morgan fingerprint density at radius 2 is 1.90 bits per heavy atom. The number of aliphatic hydroxyl groups excluding tert-OH is 1. The molecule has 2 aromatic carbocycles. The summed E-state index contributed by atoms with van der Waals surface area (Å²) in [6.45, 7) is 0.0914. The predicted octanol–water partition coefficient (Wildman–Crippen LogP) is 3.12. The third-order valence-corrected chi connectivity index (χ3v) is 4.25. The molecule has 0 saturated heterocycles. The van der Waals surface area contributed by atoms with Crippen molar-refractivity contribution in [3.63, 3.8) is 0 Å². The number of benzene rings is 2. The van der Waals surface area contributed by atoms with Gasteiger partial charge in [-0.3, -0.25) is 14.6 Å². The van der Waals surface area contributed by atoms with Crippen LogP contribution in [0.15, 0.2) is 72.1 Å². The Labute approximate surface area is 183 Å². The Morgan fingerprint density at radius 3 is 2.68 bits per heavy atom. The van der Waals surface area contributed by atoms with Crippen molar-refractivity contribution in [3.8, 4) is 5.75 Å². The summed E-state index contributed by atoms with van der Waals surface area (Å²) in [6, 6.07) is 14.7. The van der Waals surface area contributed by atoms with Crippen molar-refractivity contribution < 1.29 is 19.4 Å². The smallest absolute Gasteiger partial charge is 0.273 e. The molecule has 1 heterocycles. The summed E-state index contributed by atoms with van der Waals surface area (Å²) in [5, 5.41) is 15.8. The van der Waals surface area contributed by atoms with E-state index in [1.807, 2.05) is 0 Å². The van der Waals surface area contributed by atoms with Crippen molar-refractivity contribution in [2.75, 3.05) is 18.5 Å². The average molecular weight is 439 g/mol. The van der Waals surface area contributed by atoms with E-state index in [-0.39, 0.29) is 24.7 Å². The lowest BCUT2D eigenvalue weighted by Gasteiger charge is -2.10. The minimum atomic E-state index is -0.545. The number of rotatable bonds is 8. The number of carbonyl (C=O) groups excluding carboxylic acids is 2. The third kappa shape index (κ3) is 6.36. The zero-order chi connectivity index (χ0) is 22.1. The van der Waals surface area contributed by atoms with Crippen LogP contribution in [0.25, 0.3) is 0 Å². The molecule has 3 N–H and O–H groups in total. The van der Waals surface area contributed by atoms with Crippen molar-refractivity contribution >= 4 is 35.3 Å². The maximum absolute atomic E-state index is 12.6. The maximum Gasteiger partial charge on any atom is 0.273 e. The van der Waals surface area contributed by atoms with E-state index in [0.29, 0.717) is 27.6 Å². The minimum Gasteiger partial charge on any atom is -0.491 e. The van der Waals surface area contributed by atoms with Crippen LogP contribution in [0.5, 0.6) is 5.75 Å². The molecule has 0 aliphatic rings. The van der Waals surface area contributed by atoms with Crippen molar-refractivity contribution in [3.05, 3.63) is 88.7 Å². The zero-order valence-electron chi connectivity index (χ0n) is 16.3. The lowest BCUT2D eigenvalue weighted by Crippen LogP contribution is -2.21. The van der Waals surface area contributed by atoms with Crippen LogP contribution in [0, 0.1) is 0 Å². The van der Waals surface area contributed by atoms with E-state index >= 15 is 0 Å². The lowest BCUT2D eigenvalue weighted by molar-refractivity contribution is 0.0956. The van der Waals surface area contributed by atoms with E-state index < -0.39 is 5.91 Å². The summed E-state index contributed by atoms with van der Waals surface area (Å²) < 4.78 is 5.34. The molecule has 1 aromatic heterocycles. The van der Waals surface area contributed by atoms with Crippen molar-refractivity contribution in [1.29, 1.82) is 0 Å². The first-order chi connectivity index (χ1) is 15.1. The topological polar surface area (TPSA) is 113 Å². The molecular weight excluding hydrogens is 420 g/mol. The number of nitrogens with one attached hydrogen (secondary N) is 2. The first-order valence-electron chi connectivity index (χ1n) is 9.25. The van der Waals surface area contributed by atoms with Crippen molar-refractivity contribution in [2.24, 2.45) is 5.10 Å². The summed E-state index contributed by atoms with van der Waals surface area (Å²) in [5.41, 5.74) is 3.96. The number of nitrogens with zero attached hydrogens (tertiary/aromatic N) is 2. The van der Waals surface area contributed by atoms with Crippen LogP contribution in [-0.4, -0.2) is 41.3 Å². The van der Waals surface area contributed by atoms with E-state index in [9.17, 15) is 9.59 Å². The molecule has 158 valence electrons. The first-order valence-corrected chi connectivity index (χ1v) is 9.62. The maximum atomic E-state index is 12.6. The van der Waals surface area contributed by atoms with Crippen LogP contribution in [0.1, 0.15) is 26.3 Å². The number of hydrogen-bond acceptors (Lipinski definition) is 6. The second-order valence-corrected chi connectivity index (χ2v) is 6.66. The Morgan fingerprint density at radius 1 is 1.10 bits per heavy atom. The van der Waals surface area contributed by atoms with Crippen LogP contribution < -0.4 is 15.5 Å². The van der Waals surface area contributed by atoms with Gasteiger partial charge in [0, 0.05) is 23.0 Å². The van der Waals surface area contributed by atoms with E-state index in [0.717, 1.165) is 0 Å². The van der Waals surface area contributed by atoms with E-state index in [1.165, 1.54) is 24.7 Å². The highest BCUT2D eigenvalue weighted by molar-refractivity contribution is 6.31. The summed E-state index contributed by atoms with van der Waals surface area (Å²) in [5.74, 6) is -0.362. The summed E-state index contributed by atoms with van der Waals surface area (Å²) in [4.78, 5) is 28.9. The number of aromatic nitrogens is 1. The van der Waals surface area contributed by atoms with Gasteiger partial charge >= 0.3 is 0 Å². The van der Waals surface area contributed by atoms with Gasteiger partial charge in [0.2, 0.25) is 0 Å². The molecule has 0 bridgehead atoms. The molecule has 3 rings (SSSR count). The quantitative estimate of drug-likeness (QED) is 0.369. The average Bonchev–Trinajstić information content (AvgIpc) is 2.79. The fourth-order valence-corrected chi connectivity index (χ4v) is 2.76. The van der Waals surface area contributed by atoms with Gasteiger partial charge in [-0.05, 0) is 48.0 Å². The van der Waals surface area contributed by atoms with Gasteiger partial charge in [0.25, 0.3) is 11.8 Å². The minimum absolute atomic E-state index is 0.0892. The molecule has 31 heavy (non-hydrogen) atoms. The van der Waals surface area contributed by atoms with Gasteiger partial charge < -0.3 is 15.2 Å². The summed E-state index contributed by atoms with van der Waals surface area (Å²) in [7, 11) is 0. The molecule has 9 heteroatoms. The number of amides is 2. The second kappa shape index (κ2) is 10.9. The Kier molecular flexibility index (Phi) is 7.69. The normalized spacial score (nSPS) is 10.6. The van der Waals surface area contributed by atoms with Gasteiger partial charge in [-0.25, -0.2) is 5.43 Å². The monoisotopic (exact) mass is 438 g/mol. The fraction of sp³-hybridized carbons (Fsp3) is 0.0909. The molecular formula is C22H19ClN4O4. The van der Waals surface area contributed by atoms with Crippen LogP contribution >= 0.6 is 11.6 Å². The zero-order valence-corrected chi connectivity index (χ0v) is 17.0. The molecule has 0 aliphatic heterocycles. The van der Waals surface area contributed by atoms with Crippen LogP contribution in [0.3, 0.4) is 0 Å². The highest BCUT2D eigenvalue weighted by Crippen LogP contribution is 2.21. The molecule has 0 fully saturated rings. The number of carbonyl (C=O) groups is 2. The van der Waals surface area contributed by atoms with Crippen LogP contribution in [0.2, 0.25) is 5.02 Å². The van der Waals surface area contributed by atoms with Gasteiger partial charge in [-0.15, -0.1) is 0 Å². The number of hydrogen-bond donors (Lipinski definition) is 3. The number of hydrazone groups is 1. The lowest BCUT2D eigenvalue weighted by atomic mass is 10.1. The number of anilines is 1. The van der Waals surface area contributed by atoms with Gasteiger partial charge in [0.05, 0.1) is 24.1 Å². The third-order valence-electron chi connectivity index (χ3n) is 4.01. The predicted molar refractivity (Wildman–Crippen MR) is 118 cm³/mol. The van der Waals surface area contributed by atoms with Crippen molar-refractivity contribution in [1.82, 2.24) is 10.4 Å². The SMILES string of the molecule is O=C(Nc1ccc(Cl)cc1C(=O)N/N=C/c1cccc(OCCO)c1)c1ccncc1. The molecule has 0 atom stereocenters. The van der Waals surface area contributed by atoms with Gasteiger partial charge in [0.1, 0.15) is 12.4 Å². The van der Waals surface area contributed by atoms with Gasteiger partial charge in [0.15, 0.2) is 0 Å². The fourth-order valence-electron chi connectivity index (χ4n) is 2.58. The number of pyridine rings is 1. The number of aliphatic hydroxyl groups is 1. The summed E-state index contributed by atoms with van der Waals surface area (Å²) in [6.07, 6.45) is 4.45. The molecule has 0 unspecified atom stereocenters. The van der Waals surface area contributed by atoms with Gasteiger partial charge in [-0.2, -0.15) is 5.10 Å². The Hall–Kier alpha value is -3.75. The van der Waals surface area contributed by atoms with Crippen LogP contribution in [0.4, 0.5) is 5.69 Å². The summed E-state index contributed by atoms with van der Waals surface area (Å²) >= 11 is 6.03. The second-order valence-electron chi connectivity index (χ2n) is 6.22. The van der Waals surface area contributed by atoms with E-state index in [1.54, 1.807) is 48.5 Å². The Balaban J connectivity index is 1.71. The van der Waals surface area contributed by atoms with Crippen LogP contribution in [-0.2, 0) is 0 Å². The first kappa shape index (κ1) is 21.9. The molecule has 2 amide bonds.